The summed E-state index contributed by atoms with van der Waals surface area (Å²) in [5.74, 6) is 0.175. The van der Waals surface area contributed by atoms with Gasteiger partial charge in [-0.25, -0.2) is 4.39 Å². The Morgan fingerprint density at radius 2 is 1.94 bits per heavy atom. The van der Waals surface area contributed by atoms with Gasteiger partial charge in [-0.1, -0.05) is 18.6 Å². The lowest BCUT2D eigenvalue weighted by Crippen LogP contribution is -1.97. The van der Waals surface area contributed by atoms with Crippen molar-refractivity contribution in [2.45, 2.75) is 20.8 Å². The smallest absolute Gasteiger partial charge is 0.123 e. The average molecular weight is 217 g/mol. The molecule has 0 bridgehead atoms. The summed E-state index contributed by atoms with van der Waals surface area (Å²) in [5.41, 5.74) is 10.9. The van der Waals surface area contributed by atoms with Crippen LogP contribution in [0, 0.1) is 11.7 Å². The molecule has 0 spiro atoms. The van der Waals surface area contributed by atoms with E-state index in [4.69, 9.17) is 5.73 Å². The van der Waals surface area contributed by atoms with E-state index in [1.807, 2.05) is 6.92 Å². The summed E-state index contributed by atoms with van der Waals surface area (Å²) in [4.78, 5) is 0. The predicted molar refractivity (Wildman–Crippen MR) is 66.3 cm³/mol. The molecule has 1 aromatic carbocycles. The fraction of sp³-hybridized carbons (Fsp3) is 0.286. The molecule has 0 heterocycles. The molecule has 1 atom stereocenters. The second-order valence-electron chi connectivity index (χ2n) is 4.43. The molecule has 0 saturated heterocycles. The minimum absolute atomic E-state index is 0.239. The number of rotatable bonds is 1. The van der Waals surface area contributed by atoms with Crippen LogP contribution < -0.4 is 5.73 Å². The molecule has 0 fully saturated rings. The predicted octanol–water partition coefficient (Wildman–Crippen LogP) is 3.78. The third-order valence-electron chi connectivity index (χ3n) is 3.26. The summed E-state index contributed by atoms with van der Waals surface area (Å²) in [6, 6.07) is 4.54. The zero-order chi connectivity index (χ0) is 11.9. The van der Waals surface area contributed by atoms with E-state index in [2.05, 4.69) is 19.9 Å². The number of allylic oxidation sites excluding steroid dienone is 4. The van der Waals surface area contributed by atoms with Gasteiger partial charge >= 0.3 is 0 Å². The van der Waals surface area contributed by atoms with Gasteiger partial charge in [0.25, 0.3) is 0 Å². The van der Waals surface area contributed by atoms with E-state index in [9.17, 15) is 4.39 Å². The molecule has 0 aliphatic heterocycles. The molecule has 1 aliphatic rings. The van der Waals surface area contributed by atoms with Gasteiger partial charge in [-0.15, -0.1) is 0 Å². The maximum Gasteiger partial charge on any atom is 0.123 e. The van der Waals surface area contributed by atoms with Crippen molar-refractivity contribution in [3.8, 4) is 0 Å². The van der Waals surface area contributed by atoms with Crippen molar-refractivity contribution in [1.82, 2.24) is 0 Å². The number of hydrogen-bond donors (Lipinski definition) is 1. The third-order valence-corrected chi connectivity index (χ3v) is 3.26. The zero-order valence-corrected chi connectivity index (χ0v) is 9.84. The monoisotopic (exact) mass is 217 g/mol. The Bertz CT molecular complexity index is 497. The van der Waals surface area contributed by atoms with Crippen LogP contribution in [0.2, 0.25) is 0 Å². The van der Waals surface area contributed by atoms with Crippen molar-refractivity contribution in [1.29, 1.82) is 0 Å². The first-order valence-corrected chi connectivity index (χ1v) is 5.45. The maximum absolute atomic E-state index is 13.3. The fourth-order valence-corrected chi connectivity index (χ4v) is 2.29. The number of hydrogen-bond acceptors (Lipinski definition) is 1. The zero-order valence-electron chi connectivity index (χ0n) is 9.84. The fourth-order valence-electron chi connectivity index (χ4n) is 2.29. The van der Waals surface area contributed by atoms with Crippen LogP contribution in [-0.4, -0.2) is 0 Å². The van der Waals surface area contributed by atoms with Crippen molar-refractivity contribution in [3.63, 3.8) is 0 Å². The largest absolute Gasteiger partial charge is 0.398 e. The van der Waals surface area contributed by atoms with Crippen molar-refractivity contribution in [2.24, 2.45) is 5.92 Å². The Kier molecular flexibility index (Phi) is 2.58. The summed E-state index contributed by atoms with van der Waals surface area (Å²) < 4.78 is 13.3. The van der Waals surface area contributed by atoms with E-state index in [1.165, 1.54) is 23.3 Å². The van der Waals surface area contributed by atoms with Crippen LogP contribution in [0.1, 0.15) is 26.3 Å². The Morgan fingerprint density at radius 3 is 2.50 bits per heavy atom. The minimum Gasteiger partial charge on any atom is -0.398 e. The van der Waals surface area contributed by atoms with E-state index in [0.29, 0.717) is 11.6 Å². The molecular formula is C14H16FN. The van der Waals surface area contributed by atoms with Gasteiger partial charge in [0.2, 0.25) is 0 Å². The van der Waals surface area contributed by atoms with E-state index in [-0.39, 0.29) is 5.82 Å². The summed E-state index contributed by atoms with van der Waals surface area (Å²) in [5, 5.41) is 0. The highest BCUT2D eigenvalue weighted by atomic mass is 19.1. The van der Waals surface area contributed by atoms with E-state index < -0.39 is 0 Å². The highest BCUT2D eigenvalue weighted by Crippen LogP contribution is 2.39. The van der Waals surface area contributed by atoms with Crippen LogP contribution in [0.3, 0.4) is 0 Å². The van der Waals surface area contributed by atoms with Gasteiger partial charge in [-0.3, -0.25) is 0 Å². The molecule has 1 aliphatic carbocycles. The van der Waals surface area contributed by atoms with E-state index >= 15 is 0 Å². The summed E-state index contributed by atoms with van der Waals surface area (Å²) in [6.45, 7) is 6.27. The minimum atomic E-state index is -0.239. The number of nitrogen functional groups attached to an aromatic ring is 1. The molecule has 0 amide bonds. The van der Waals surface area contributed by atoms with Gasteiger partial charge in [-0.05, 0) is 49.1 Å². The summed E-state index contributed by atoms with van der Waals surface area (Å²) >= 11 is 0. The van der Waals surface area contributed by atoms with Crippen LogP contribution >= 0.6 is 0 Å². The van der Waals surface area contributed by atoms with Crippen LogP contribution in [0.25, 0.3) is 5.57 Å². The van der Waals surface area contributed by atoms with Gasteiger partial charge in [0, 0.05) is 11.3 Å². The molecular weight excluding hydrogens is 201 g/mol. The molecule has 1 nitrogen and oxygen atoms in total. The van der Waals surface area contributed by atoms with Gasteiger partial charge < -0.3 is 5.73 Å². The summed E-state index contributed by atoms with van der Waals surface area (Å²) in [6.07, 6.45) is 2.19. The molecule has 2 N–H and O–H groups in total. The van der Waals surface area contributed by atoms with Crippen LogP contribution in [0.5, 0.6) is 0 Å². The number of nitrogens with two attached hydrogens (primary N) is 1. The maximum atomic E-state index is 13.3. The SMILES string of the molecule is CC1=CC(C)C(C)=C1c1cc(F)ccc1N. The first kappa shape index (κ1) is 10.9. The lowest BCUT2D eigenvalue weighted by Gasteiger charge is -2.11. The Hall–Kier alpha value is -1.57. The average Bonchev–Trinajstić information content (AvgIpc) is 2.46. The van der Waals surface area contributed by atoms with Gasteiger partial charge in [0.05, 0.1) is 0 Å². The molecule has 0 aromatic heterocycles. The molecule has 0 radical (unpaired) electrons. The molecule has 2 heteroatoms. The van der Waals surface area contributed by atoms with Crippen molar-refractivity contribution in [2.75, 3.05) is 5.73 Å². The number of anilines is 1. The van der Waals surface area contributed by atoms with Crippen LogP contribution in [-0.2, 0) is 0 Å². The van der Waals surface area contributed by atoms with Crippen molar-refractivity contribution >= 4 is 11.3 Å². The highest BCUT2D eigenvalue weighted by molar-refractivity contribution is 5.88. The van der Waals surface area contributed by atoms with Gasteiger partial charge in [-0.2, -0.15) is 0 Å². The Morgan fingerprint density at radius 1 is 1.25 bits per heavy atom. The molecule has 1 unspecified atom stereocenters. The Balaban J connectivity index is 2.61. The quantitative estimate of drug-likeness (QED) is 0.712. The normalized spacial score (nSPS) is 20.2. The second-order valence-corrected chi connectivity index (χ2v) is 4.43. The van der Waals surface area contributed by atoms with Gasteiger partial charge in [0.15, 0.2) is 0 Å². The van der Waals surface area contributed by atoms with Crippen molar-refractivity contribution < 1.29 is 4.39 Å². The van der Waals surface area contributed by atoms with Crippen LogP contribution in [0.4, 0.5) is 10.1 Å². The van der Waals surface area contributed by atoms with E-state index in [0.717, 1.165) is 11.1 Å². The van der Waals surface area contributed by atoms with E-state index in [1.54, 1.807) is 6.07 Å². The first-order valence-electron chi connectivity index (χ1n) is 5.45. The molecule has 84 valence electrons. The van der Waals surface area contributed by atoms with Crippen molar-refractivity contribution in [3.05, 3.63) is 46.8 Å². The lowest BCUT2D eigenvalue weighted by molar-refractivity contribution is 0.627. The van der Waals surface area contributed by atoms with Gasteiger partial charge in [0.1, 0.15) is 5.82 Å². The molecule has 0 saturated carbocycles. The van der Waals surface area contributed by atoms with Crippen LogP contribution in [0.15, 0.2) is 35.4 Å². The summed E-state index contributed by atoms with van der Waals surface area (Å²) in [7, 11) is 0. The standard InChI is InChI=1S/C14H16FN/c1-8-6-9(2)14(10(8)3)12-7-11(15)4-5-13(12)16/h4-8H,16H2,1-3H3. The Labute approximate surface area is 95.5 Å². The number of halogens is 1. The second kappa shape index (κ2) is 3.78. The molecule has 2 rings (SSSR count). The molecule has 16 heavy (non-hydrogen) atoms. The lowest BCUT2D eigenvalue weighted by atomic mass is 9.95. The highest BCUT2D eigenvalue weighted by Gasteiger charge is 2.20. The number of benzene rings is 1. The topological polar surface area (TPSA) is 26.0 Å². The molecule has 1 aromatic rings. The third kappa shape index (κ3) is 1.64. The first-order chi connectivity index (χ1) is 7.50.